The highest BCUT2D eigenvalue weighted by Gasteiger charge is 1.98. The molecular weight excluding hydrogens is 279 g/mol. The fraction of sp³-hybridized carbons (Fsp3) is 0.222. The van der Waals surface area contributed by atoms with Crippen LogP contribution >= 0.6 is 22.6 Å². The average molecular weight is 292 g/mol. The van der Waals surface area contributed by atoms with E-state index in [0.29, 0.717) is 5.57 Å². The number of nitrogens with one attached hydrogen (secondary N) is 1. The maximum atomic E-state index is 10.9. The number of halogens is 1. The molecule has 3 N–H and O–H groups in total. The first-order chi connectivity index (χ1) is 6.11. The third kappa shape index (κ3) is 5.59. The Kier molecular flexibility index (Phi) is 6.52. The molecule has 0 atom stereocenters. The van der Waals surface area contributed by atoms with Gasteiger partial charge in [-0.3, -0.25) is 10.2 Å². The van der Waals surface area contributed by atoms with Gasteiger partial charge in [-0.15, -0.1) is 6.58 Å². The van der Waals surface area contributed by atoms with Gasteiger partial charge in [-0.1, -0.05) is 18.2 Å². The van der Waals surface area contributed by atoms with Crippen LogP contribution in [0.2, 0.25) is 0 Å². The second-order valence-corrected chi connectivity index (χ2v) is 3.82. The molecule has 72 valence electrons. The second-order valence-electron chi connectivity index (χ2n) is 2.43. The van der Waals surface area contributed by atoms with Crippen molar-refractivity contribution >= 4 is 28.5 Å². The van der Waals surface area contributed by atoms with Crippen LogP contribution in [0.3, 0.4) is 0 Å². The molecule has 0 heterocycles. The lowest BCUT2D eigenvalue weighted by atomic mass is 10.2. The Labute approximate surface area is 91.9 Å². The first kappa shape index (κ1) is 12.4. The van der Waals surface area contributed by atoms with Gasteiger partial charge in [0.2, 0.25) is 0 Å². The molecule has 0 rings (SSSR count). The predicted octanol–water partition coefficient (Wildman–Crippen LogP) is 1.82. The standard InChI is InChI=1S/C9H13IN2O/c1-3-4-8(10)6-5-7(2)9(13)12-11/h3,5-6H,1,4,11H2,2H3,(H,12,13)/b7-5+,8-6+. The quantitative estimate of drug-likeness (QED) is 0.158. The van der Waals surface area contributed by atoms with Crippen LogP contribution in [0, 0.1) is 0 Å². The number of hydrogen-bond donors (Lipinski definition) is 2. The Hall–Kier alpha value is -0.620. The van der Waals surface area contributed by atoms with E-state index in [1.54, 1.807) is 13.0 Å². The summed E-state index contributed by atoms with van der Waals surface area (Å²) in [5.41, 5.74) is 2.65. The van der Waals surface area contributed by atoms with Gasteiger partial charge in [0.25, 0.3) is 5.91 Å². The summed E-state index contributed by atoms with van der Waals surface area (Å²) in [7, 11) is 0. The highest BCUT2D eigenvalue weighted by molar-refractivity contribution is 14.1. The molecule has 4 heteroatoms. The lowest BCUT2D eigenvalue weighted by molar-refractivity contribution is -0.117. The topological polar surface area (TPSA) is 55.1 Å². The highest BCUT2D eigenvalue weighted by Crippen LogP contribution is 2.11. The maximum Gasteiger partial charge on any atom is 0.260 e. The summed E-state index contributed by atoms with van der Waals surface area (Å²) in [5.74, 6) is 4.69. The first-order valence-corrected chi connectivity index (χ1v) is 4.84. The molecule has 0 aromatic rings. The SMILES string of the molecule is C=CC/C(I)=C\C=C(/C)C(=O)NN. The Morgan fingerprint density at radius 1 is 1.62 bits per heavy atom. The summed E-state index contributed by atoms with van der Waals surface area (Å²) in [6.45, 7) is 5.32. The number of allylic oxidation sites excluding steroid dienone is 4. The Morgan fingerprint density at radius 3 is 2.69 bits per heavy atom. The summed E-state index contributed by atoms with van der Waals surface area (Å²) >= 11 is 2.19. The Morgan fingerprint density at radius 2 is 2.23 bits per heavy atom. The summed E-state index contributed by atoms with van der Waals surface area (Å²) in [5, 5.41) is 0. The Balaban J connectivity index is 4.31. The minimum Gasteiger partial charge on any atom is -0.290 e. The fourth-order valence-electron chi connectivity index (χ4n) is 0.611. The van der Waals surface area contributed by atoms with Crippen molar-refractivity contribution in [3.63, 3.8) is 0 Å². The molecule has 0 aromatic carbocycles. The Bertz CT molecular complexity index is 256. The number of nitrogens with two attached hydrogens (primary N) is 1. The van der Waals surface area contributed by atoms with Crippen molar-refractivity contribution in [2.75, 3.05) is 0 Å². The van der Waals surface area contributed by atoms with Crippen LogP contribution in [0.1, 0.15) is 13.3 Å². The van der Waals surface area contributed by atoms with E-state index in [2.05, 4.69) is 34.6 Å². The average Bonchev–Trinajstić information content (AvgIpc) is 2.13. The van der Waals surface area contributed by atoms with Crippen molar-refractivity contribution in [1.29, 1.82) is 0 Å². The van der Waals surface area contributed by atoms with Crippen LogP contribution in [0.5, 0.6) is 0 Å². The summed E-state index contributed by atoms with van der Waals surface area (Å²) in [4.78, 5) is 10.9. The molecule has 0 fully saturated rings. The van der Waals surface area contributed by atoms with Crippen LogP contribution < -0.4 is 11.3 Å². The van der Waals surface area contributed by atoms with Crippen LogP contribution in [0.15, 0.2) is 34.0 Å². The van der Waals surface area contributed by atoms with E-state index in [0.717, 1.165) is 10.0 Å². The number of hydrogen-bond acceptors (Lipinski definition) is 2. The van der Waals surface area contributed by atoms with Gasteiger partial charge < -0.3 is 0 Å². The van der Waals surface area contributed by atoms with E-state index in [-0.39, 0.29) is 5.91 Å². The molecule has 1 amide bonds. The summed E-state index contributed by atoms with van der Waals surface area (Å²) in [6, 6.07) is 0. The van der Waals surface area contributed by atoms with Gasteiger partial charge >= 0.3 is 0 Å². The van der Waals surface area contributed by atoms with Crippen molar-refractivity contribution in [2.45, 2.75) is 13.3 Å². The van der Waals surface area contributed by atoms with E-state index in [1.165, 1.54) is 0 Å². The molecule has 0 aromatic heterocycles. The smallest absolute Gasteiger partial charge is 0.260 e. The number of carbonyl (C=O) groups is 1. The van der Waals surface area contributed by atoms with E-state index in [4.69, 9.17) is 5.84 Å². The lowest BCUT2D eigenvalue weighted by Crippen LogP contribution is -2.30. The molecule has 3 nitrogen and oxygen atoms in total. The van der Waals surface area contributed by atoms with Crippen molar-refractivity contribution in [1.82, 2.24) is 5.43 Å². The van der Waals surface area contributed by atoms with Crippen molar-refractivity contribution in [3.05, 3.63) is 34.0 Å². The van der Waals surface area contributed by atoms with E-state index >= 15 is 0 Å². The van der Waals surface area contributed by atoms with Crippen LogP contribution in [0.25, 0.3) is 0 Å². The molecule has 0 radical (unpaired) electrons. The molecule has 0 bridgehead atoms. The molecular formula is C9H13IN2O. The first-order valence-electron chi connectivity index (χ1n) is 3.76. The van der Waals surface area contributed by atoms with Crippen molar-refractivity contribution < 1.29 is 4.79 Å². The molecule has 0 spiro atoms. The summed E-state index contributed by atoms with van der Waals surface area (Å²) in [6.07, 6.45) is 6.22. The van der Waals surface area contributed by atoms with Gasteiger partial charge in [0.1, 0.15) is 0 Å². The number of carbonyl (C=O) groups excluding carboxylic acids is 1. The molecule has 0 saturated carbocycles. The zero-order valence-corrected chi connectivity index (χ0v) is 9.67. The third-order valence-electron chi connectivity index (χ3n) is 1.34. The normalized spacial score (nSPS) is 12.5. The van der Waals surface area contributed by atoms with E-state index < -0.39 is 0 Å². The maximum absolute atomic E-state index is 10.9. The zero-order chi connectivity index (χ0) is 10.3. The van der Waals surface area contributed by atoms with Crippen LogP contribution in [0.4, 0.5) is 0 Å². The minimum absolute atomic E-state index is 0.265. The van der Waals surface area contributed by atoms with Crippen molar-refractivity contribution in [2.24, 2.45) is 5.84 Å². The predicted molar refractivity (Wildman–Crippen MR) is 63.0 cm³/mol. The van der Waals surface area contributed by atoms with Gasteiger partial charge in [0.05, 0.1) is 0 Å². The molecule has 0 saturated heterocycles. The molecule has 0 aliphatic carbocycles. The molecule has 0 aliphatic rings. The lowest BCUT2D eigenvalue weighted by Gasteiger charge is -1.96. The highest BCUT2D eigenvalue weighted by atomic mass is 127. The molecule has 0 aliphatic heterocycles. The van der Waals surface area contributed by atoms with Gasteiger partial charge in [-0.2, -0.15) is 0 Å². The number of hydrazine groups is 1. The van der Waals surface area contributed by atoms with Gasteiger partial charge in [0.15, 0.2) is 0 Å². The van der Waals surface area contributed by atoms with Gasteiger partial charge in [-0.25, -0.2) is 5.84 Å². The van der Waals surface area contributed by atoms with E-state index in [1.807, 2.05) is 12.2 Å². The zero-order valence-electron chi connectivity index (χ0n) is 7.51. The number of amides is 1. The summed E-state index contributed by atoms with van der Waals surface area (Å²) < 4.78 is 1.12. The monoisotopic (exact) mass is 292 g/mol. The number of rotatable bonds is 4. The molecule has 13 heavy (non-hydrogen) atoms. The van der Waals surface area contributed by atoms with Gasteiger partial charge in [-0.05, 0) is 39.5 Å². The minimum atomic E-state index is -0.265. The second kappa shape index (κ2) is 6.85. The van der Waals surface area contributed by atoms with E-state index in [9.17, 15) is 4.79 Å². The van der Waals surface area contributed by atoms with Gasteiger partial charge in [0, 0.05) is 5.57 Å². The third-order valence-corrected chi connectivity index (χ3v) is 2.14. The fourth-order valence-corrected chi connectivity index (χ4v) is 1.10. The van der Waals surface area contributed by atoms with Crippen molar-refractivity contribution in [3.8, 4) is 0 Å². The van der Waals surface area contributed by atoms with Crippen LogP contribution in [-0.4, -0.2) is 5.91 Å². The molecule has 0 unspecified atom stereocenters. The van der Waals surface area contributed by atoms with Crippen LogP contribution in [-0.2, 0) is 4.79 Å². The largest absolute Gasteiger partial charge is 0.290 e.